The Bertz CT molecular complexity index is 992. The molecule has 0 atom stereocenters. The van der Waals surface area contributed by atoms with Crippen molar-refractivity contribution in [3.63, 3.8) is 0 Å². The topological polar surface area (TPSA) is 66.8 Å². The summed E-state index contributed by atoms with van der Waals surface area (Å²) in [6, 6.07) is 13.3. The van der Waals surface area contributed by atoms with E-state index in [9.17, 15) is 9.59 Å². The van der Waals surface area contributed by atoms with Gasteiger partial charge in [0.2, 0.25) is 0 Å². The second-order valence-corrected chi connectivity index (χ2v) is 8.44. The molecule has 30 heavy (non-hydrogen) atoms. The van der Waals surface area contributed by atoms with Crippen molar-refractivity contribution >= 4 is 29.2 Å². The molecule has 2 aliphatic rings. The van der Waals surface area contributed by atoms with E-state index < -0.39 is 12.2 Å². The van der Waals surface area contributed by atoms with Gasteiger partial charge in [-0.2, -0.15) is 0 Å². The number of likely N-dealkylation sites (tertiary alicyclic amines) is 1. The number of nitrogens with zero attached hydrogens (tertiary/aromatic N) is 1. The van der Waals surface area contributed by atoms with Crippen LogP contribution in [0.15, 0.2) is 48.5 Å². The van der Waals surface area contributed by atoms with E-state index in [0.29, 0.717) is 17.7 Å². The standard InChI is InChI=1S/C24H24ClNO4/c25-19-3-1-2-18(12-19)15-26-10-8-24(9-11-26)14-22(29)21-13-17(4-6-20(28)16-27)5-7-23(21)30-24/h1-7,12-13,27H,8-11,14-16H2/b6-4+. The first-order valence-electron chi connectivity index (χ1n) is 10.1. The number of Topliss-reactive ketones (excluding diaryl/α,β-unsaturated/α-hetero) is 1. The van der Waals surface area contributed by atoms with Gasteiger partial charge in [-0.1, -0.05) is 35.9 Å². The highest BCUT2D eigenvalue weighted by atomic mass is 35.5. The fraction of sp³-hybridized carbons (Fsp3) is 0.333. The number of ketones is 2. The molecule has 0 amide bonds. The van der Waals surface area contributed by atoms with Crippen LogP contribution < -0.4 is 4.74 Å². The van der Waals surface area contributed by atoms with E-state index in [0.717, 1.165) is 43.1 Å². The number of rotatable bonds is 5. The average molecular weight is 426 g/mol. The van der Waals surface area contributed by atoms with E-state index in [1.807, 2.05) is 24.3 Å². The molecule has 0 aliphatic carbocycles. The molecular formula is C24H24ClNO4. The first-order chi connectivity index (χ1) is 14.5. The third kappa shape index (κ3) is 4.64. The minimum atomic E-state index is -0.527. The van der Waals surface area contributed by atoms with Crippen molar-refractivity contribution in [2.24, 2.45) is 0 Å². The van der Waals surface area contributed by atoms with Crippen LogP contribution in [-0.4, -0.2) is 46.9 Å². The molecule has 156 valence electrons. The van der Waals surface area contributed by atoms with E-state index in [2.05, 4.69) is 11.0 Å². The molecule has 5 nitrogen and oxygen atoms in total. The van der Waals surface area contributed by atoms with Gasteiger partial charge < -0.3 is 9.84 Å². The van der Waals surface area contributed by atoms with Crippen molar-refractivity contribution in [2.75, 3.05) is 19.7 Å². The monoisotopic (exact) mass is 425 g/mol. The highest BCUT2D eigenvalue weighted by Gasteiger charge is 2.42. The number of carbonyl (C=O) groups is 2. The quantitative estimate of drug-likeness (QED) is 0.735. The van der Waals surface area contributed by atoms with Crippen molar-refractivity contribution in [2.45, 2.75) is 31.4 Å². The Morgan fingerprint density at radius 2 is 2.00 bits per heavy atom. The molecule has 1 fully saturated rings. The molecule has 6 heteroatoms. The summed E-state index contributed by atoms with van der Waals surface area (Å²) < 4.78 is 6.35. The third-order valence-corrected chi connectivity index (χ3v) is 6.03. The first kappa shape index (κ1) is 20.8. The summed E-state index contributed by atoms with van der Waals surface area (Å²) in [5.74, 6) is 0.308. The smallest absolute Gasteiger partial charge is 0.181 e. The normalized spacial score (nSPS) is 18.4. The number of hydrogen-bond donors (Lipinski definition) is 1. The van der Waals surface area contributed by atoms with E-state index in [1.165, 1.54) is 11.6 Å². The number of fused-ring (bicyclic) bond motifs is 1. The molecule has 0 radical (unpaired) electrons. The van der Waals surface area contributed by atoms with Gasteiger partial charge in [0.05, 0.1) is 12.0 Å². The minimum absolute atomic E-state index is 0.0725. The fourth-order valence-electron chi connectivity index (χ4n) is 4.15. The van der Waals surface area contributed by atoms with Crippen molar-refractivity contribution < 1.29 is 19.4 Å². The lowest BCUT2D eigenvalue weighted by atomic mass is 9.82. The summed E-state index contributed by atoms with van der Waals surface area (Å²) in [6.45, 7) is 2.03. The zero-order chi connectivity index (χ0) is 21.1. The van der Waals surface area contributed by atoms with Crippen molar-refractivity contribution in [1.29, 1.82) is 0 Å². The lowest BCUT2D eigenvalue weighted by Crippen LogP contribution is -2.50. The Morgan fingerprint density at radius 3 is 2.73 bits per heavy atom. The fourth-order valence-corrected chi connectivity index (χ4v) is 4.36. The lowest BCUT2D eigenvalue weighted by molar-refractivity contribution is -0.117. The van der Waals surface area contributed by atoms with Crippen molar-refractivity contribution in [1.82, 2.24) is 4.90 Å². The zero-order valence-electron chi connectivity index (χ0n) is 16.6. The van der Waals surface area contributed by atoms with Gasteiger partial charge in [-0.15, -0.1) is 0 Å². The number of piperidine rings is 1. The molecular weight excluding hydrogens is 402 g/mol. The highest BCUT2D eigenvalue weighted by molar-refractivity contribution is 6.30. The molecule has 1 N–H and O–H groups in total. The van der Waals surface area contributed by atoms with Crippen molar-refractivity contribution in [3.8, 4) is 5.75 Å². The molecule has 0 bridgehead atoms. The Balaban J connectivity index is 1.43. The summed E-state index contributed by atoms with van der Waals surface area (Å²) in [5.41, 5.74) is 2.03. The Kier molecular flexibility index (Phi) is 6.04. The zero-order valence-corrected chi connectivity index (χ0v) is 17.4. The third-order valence-electron chi connectivity index (χ3n) is 5.79. The SMILES string of the molecule is O=C(/C=C/c1ccc2c(c1)C(=O)CC1(CCN(Cc3cccc(Cl)c3)CC1)O2)CO. The number of hydrogen-bond acceptors (Lipinski definition) is 5. The summed E-state index contributed by atoms with van der Waals surface area (Å²) >= 11 is 6.09. The predicted molar refractivity (Wildman–Crippen MR) is 116 cm³/mol. The van der Waals surface area contributed by atoms with Crippen LogP contribution in [0.25, 0.3) is 6.08 Å². The molecule has 2 aromatic rings. The van der Waals surface area contributed by atoms with Gasteiger partial charge in [0, 0.05) is 37.5 Å². The summed E-state index contributed by atoms with van der Waals surface area (Å²) in [5, 5.41) is 9.56. The maximum absolute atomic E-state index is 12.9. The second kappa shape index (κ2) is 8.72. The van der Waals surface area contributed by atoms with E-state index in [4.69, 9.17) is 21.4 Å². The minimum Gasteiger partial charge on any atom is -0.486 e. The van der Waals surface area contributed by atoms with E-state index in [1.54, 1.807) is 18.2 Å². The number of benzene rings is 2. The second-order valence-electron chi connectivity index (χ2n) is 8.00. The summed E-state index contributed by atoms with van der Waals surface area (Å²) in [7, 11) is 0. The maximum Gasteiger partial charge on any atom is 0.181 e. The number of aliphatic hydroxyl groups is 1. The molecule has 1 saturated heterocycles. The van der Waals surface area contributed by atoms with Crippen LogP contribution in [-0.2, 0) is 11.3 Å². The van der Waals surface area contributed by atoms with Gasteiger partial charge in [0.15, 0.2) is 11.6 Å². The molecule has 2 aromatic carbocycles. The molecule has 2 heterocycles. The Labute approximate surface area is 180 Å². The van der Waals surface area contributed by atoms with E-state index >= 15 is 0 Å². The molecule has 2 aliphatic heterocycles. The van der Waals surface area contributed by atoms with Gasteiger partial charge in [-0.3, -0.25) is 14.5 Å². The lowest BCUT2D eigenvalue weighted by Gasteiger charge is -2.44. The van der Waals surface area contributed by atoms with Gasteiger partial charge in [0.25, 0.3) is 0 Å². The Hall–Kier alpha value is -2.47. The summed E-state index contributed by atoms with van der Waals surface area (Å²) in [4.78, 5) is 26.5. The molecule has 1 spiro atoms. The number of aliphatic hydroxyl groups excluding tert-OH is 1. The molecule has 0 aromatic heterocycles. The van der Waals surface area contributed by atoms with Gasteiger partial charge in [0.1, 0.15) is 18.0 Å². The molecule has 0 unspecified atom stereocenters. The van der Waals surface area contributed by atoms with Gasteiger partial charge >= 0.3 is 0 Å². The molecule has 0 saturated carbocycles. The van der Waals surface area contributed by atoms with Crippen LogP contribution in [0.2, 0.25) is 5.02 Å². The maximum atomic E-state index is 12.9. The average Bonchev–Trinajstić information content (AvgIpc) is 2.74. The van der Waals surface area contributed by atoms with Crippen molar-refractivity contribution in [3.05, 3.63) is 70.3 Å². The summed E-state index contributed by atoms with van der Waals surface area (Å²) in [6.07, 6.45) is 4.88. The van der Waals surface area contributed by atoms with Crippen LogP contribution >= 0.6 is 11.6 Å². The Morgan fingerprint density at radius 1 is 1.20 bits per heavy atom. The van der Waals surface area contributed by atoms with Crippen LogP contribution in [0, 0.1) is 0 Å². The van der Waals surface area contributed by atoms with Crippen LogP contribution in [0.5, 0.6) is 5.75 Å². The molecule has 4 rings (SSSR count). The largest absolute Gasteiger partial charge is 0.486 e. The van der Waals surface area contributed by atoms with Gasteiger partial charge in [-0.05, 0) is 41.5 Å². The highest BCUT2D eigenvalue weighted by Crippen LogP contribution is 2.40. The number of halogens is 1. The first-order valence-corrected chi connectivity index (χ1v) is 10.5. The van der Waals surface area contributed by atoms with Crippen LogP contribution in [0.1, 0.15) is 40.7 Å². The number of ether oxygens (including phenoxy) is 1. The number of carbonyl (C=O) groups excluding carboxylic acids is 2. The van der Waals surface area contributed by atoms with Gasteiger partial charge in [-0.25, -0.2) is 0 Å². The van der Waals surface area contributed by atoms with Crippen LogP contribution in [0.3, 0.4) is 0 Å². The van der Waals surface area contributed by atoms with E-state index in [-0.39, 0.29) is 11.6 Å². The van der Waals surface area contributed by atoms with Crippen LogP contribution in [0.4, 0.5) is 0 Å². The predicted octanol–water partition coefficient (Wildman–Crippen LogP) is 3.91.